The summed E-state index contributed by atoms with van der Waals surface area (Å²) in [6, 6.07) is 7.70. The lowest BCUT2D eigenvalue weighted by Gasteiger charge is -2.04. The second-order valence-corrected chi connectivity index (χ2v) is 3.85. The Labute approximate surface area is 101 Å². The number of rotatable bonds is 2. The topological polar surface area (TPSA) is 70.2 Å². The van der Waals surface area contributed by atoms with Gasteiger partial charge in [0.2, 0.25) is 5.56 Å². The van der Waals surface area contributed by atoms with Crippen LogP contribution in [0.1, 0.15) is 10.4 Å². The minimum atomic E-state index is -1.10. The number of carbonyl (C=O) groups is 1. The van der Waals surface area contributed by atoms with Crippen molar-refractivity contribution in [1.82, 2.24) is 4.98 Å². The number of aromatic carboxylic acids is 1. The van der Waals surface area contributed by atoms with Crippen LogP contribution < -0.4 is 5.56 Å². The van der Waals surface area contributed by atoms with E-state index in [1.165, 1.54) is 24.4 Å². The van der Waals surface area contributed by atoms with Gasteiger partial charge in [-0.2, -0.15) is 0 Å². The Morgan fingerprint density at radius 3 is 2.53 bits per heavy atom. The second kappa shape index (κ2) is 4.43. The molecule has 0 saturated carbocycles. The fourth-order valence-corrected chi connectivity index (χ4v) is 1.69. The molecule has 0 unspecified atom stereocenters. The van der Waals surface area contributed by atoms with E-state index in [2.05, 4.69) is 4.98 Å². The van der Waals surface area contributed by atoms with Crippen molar-refractivity contribution in [2.24, 2.45) is 0 Å². The van der Waals surface area contributed by atoms with Gasteiger partial charge in [0.05, 0.1) is 10.6 Å². The minimum absolute atomic E-state index is 0.0180. The van der Waals surface area contributed by atoms with Crippen LogP contribution in [0.5, 0.6) is 0 Å². The van der Waals surface area contributed by atoms with Crippen LogP contribution in [0.25, 0.3) is 11.1 Å². The highest BCUT2D eigenvalue weighted by atomic mass is 35.5. The summed E-state index contributed by atoms with van der Waals surface area (Å²) in [4.78, 5) is 24.6. The van der Waals surface area contributed by atoms with Crippen molar-refractivity contribution in [2.45, 2.75) is 0 Å². The summed E-state index contributed by atoms with van der Waals surface area (Å²) < 4.78 is 0. The maximum atomic E-state index is 11.2. The Balaban J connectivity index is 2.57. The number of halogens is 1. The number of nitrogens with one attached hydrogen (secondary N) is 1. The molecule has 86 valence electrons. The smallest absolute Gasteiger partial charge is 0.337 e. The fraction of sp³-hybridized carbons (Fsp3) is 0. The first-order chi connectivity index (χ1) is 8.08. The molecule has 1 heterocycles. The van der Waals surface area contributed by atoms with E-state index in [-0.39, 0.29) is 16.1 Å². The van der Waals surface area contributed by atoms with Crippen LogP contribution in [-0.4, -0.2) is 16.1 Å². The SMILES string of the molecule is O=C(O)c1cc(-c2cc[nH]c(=O)c2)ccc1Cl. The molecule has 0 spiro atoms. The van der Waals surface area contributed by atoms with Crippen LogP contribution in [0.2, 0.25) is 5.02 Å². The molecule has 17 heavy (non-hydrogen) atoms. The van der Waals surface area contributed by atoms with Crippen molar-refractivity contribution in [2.75, 3.05) is 0 Å². The number of aromatic amines is 1. The molecule has 4 nitrogen and oxygen atoms in total. The summed E-state index contributed by atoms with van der Waals surface area (Å²) in [7, 11) is 0. The highest BCUT2D eigenvalue weighted by molar-refractivity contribution is 6.33. The summed E-state index contributed by atoms with van der Waals surface area (Å²) in [6.45, 7) is 0. The summed E-state index contributed by atoms with van der Waals surface area (Å²) in [6.07, 6.45) is 1.51. The van der Waals surface area contributed by atoms with Crippen LogP contribution in [0, 0.1) is 0 Å². The van der Waals surface area contributed by atoms with Gasteiger partial charge in [0.1, 0.15) is 0 Å². The number of hydrogen-bond acceptors (Lipinski definition) is 2. The van der Waals surface area contributed by atoms with E-state index in [1.807, 2.05) is 0 Å². The molecule has 0 saturated heterocycles. The van der Waals surface area contributed by atoms with Gasteiger partial charge in [-0.05, 0) is 29.3 Å². The predicted molar refractivity (Wildman–Crippen MR) is 64.5 cm³/mol. The van der Waals surface area contributed by atoms with Gasteiger partial charge in [-0.25, -0.2) is 4.79 Å². The number of H-pyrrole nitrogens is 1. The molecule has 5 heteroatoms. The third-order valence-corrected chi connectivity index (χ3v) is 2.63. The molecule has 2 rings (SSSR count). The number of carboxylic acid groups (broad SMARTS) is 1. The third-order valence-electron chi connectivity index (χ3n) is 2.31. The molecule has 0 fully saturated rings. The monoisotopic (exact) mass is 249 g/mol. The molecule has 0 aliphatic carbocycles. The first-order valence-electron chi connectivity index (χ1n) is 4.80. The molecule has 1 aromatic heterocycles. The van der Waals surface area contributed by atoms with Crippen LogP contribution in [0.15, 0.2) is 41.3 Å². The molecule has 0 radical (unpaired) electrons. The first-order valence-corrected chi connectivity index (χ1v) is 5.17. The predicted octanol–water partition coefficient (Wildman–Crippen LogP) is 2.39. The molecular weight excluding hydrogens is 242 g/mol. The number of hydrogen-bond donors (Lipinski definition) is 2. The Morgan fingerprint density at radius 2 is 1.88 bits per heavy atom. The summed E-state index contributed by atoms with van der Waals surface area (Å²) in [5.74, 6) is -1.10. The van der Waals surface area contributed by atoms with E-state index in [0.717, 1.165) is 0 Å². The maximum absolute atomic E-state index is 11.2. The molecule has 2 N–H and O–H groups in total. The molecule has 0 aliphatic rings. The lowest BCUT2D eigenvalue weighted by Crippen LogP contribution is -2.03. The summed E-state index contributed by atoms with van der Waals surface area (Å²) in [5.41, 5.74) is 1.06. The van der Waals surface area contributed by atoms with Crippen LogP contribution in [-0.2, 0) is 0 Å². The fourth-order valence-electron chi connectivity index (χ4n) is 1.49. The van der Waals surface area contributed by atoms with Gasteiger partial charge >= 0.3 is 5.97 Å². The lowest BCUT2D eigenvalue weighted by atomic mass is 10.0. The van der Waals surface area contributed by atoms with Crippen molar-refractivity contribution < 1.29 is 9.90 Å². The lowest BCUT2D eigenvalue weighted by molar-refractivity contribution is 0.0697. The minimum Gasteiger partial charge on any atom is -0.478 e. The standard InChI is InChI=1S/C12H8ClNO3/c13-10-2-1-7(5-9(10)12(16)17)8-3-4-14-11(15)6-8/h1-6H,(H,14,15)(H,16,17). The van der Waals surface area contributed by atoms with E-state index in [9.17, 15) is 9.59 Å². The molecule has 0 aliphatic heterocycles. The average molecular weight is 250 g/mol. The Hall–Kier alpha value is -2.07. The van der Waals surface area contributed by atoms with Gasteiger partial charge in [0, 0.05) is 12.3 Å². The van der Waals surface area contributed by atoms with Gasteiger partial charge in [-0.1, -0.05) is 17.7 Å². The third kappa shape index (κ3) is 2.37. The van der Waals surface area contributed by atoms with Crippen molar-refractivity contribution in [3.63, 3.8) is 0 Å². The summed E-state index contributed by atoms with van der Waals surface area (Å²) >= 11 is 5.76. The Kier molecular flexibility index (Phi) is 2.97. The molecule has 0 bridgehead atoms. The van der Waals surface area contributed by atoms with Gasteiger partial charge in [0.25, 0.3) is 0 Å². The van der Waals surface area contributed by atoms with Crippen LogP contribution in [0.3, 0.4) is 0 Å². The van der Waals surface area contributed by atoms with Crippen molar-refractivity contribution in [3.8, 4) is 11.1 Å². The normalized spacial score (nSPS) is 10.2. The first kappa shape index (κ1) is 11.4. The zero-order chi connectivity index (χ0) is 12.4. The molecule has 1 aromatic carbocycles. The van der Waals surface area contributed by atoms with E-state index in [4.69, 9.17) is 16.7 Å². The van der Waals surface area contributed by atoms with Crippen molar-refractivity contribution in [3.05, 3.63) is 57.5 Å². The number of aromatic nitrogens is 1. The zero-order valence-corrected chi connectivity index (χ0v) is 9.36. The maximum Gasteiger partial charge on any atom is 0.337 e. The van der Waals surface area contributed by atoms with Crippen molar-refractivity contribution in [1.29, 1.82) is 0 Å². The van der Waals surface area contributed by atoms with E-state index in [1.54, 1.807) is 12.1 Å². The molecule has 0 atom stereocenters. The van der Waals surface area contributed by atoms with Gasteiger partial charge in [0.15, 0.2) is 0 Å². The Bertz CT molecular complexity index is 634. The highest BCUT2D eigenvalue weighted by Gasteiger charge is 2.10. The molecule has 2 aromatic rings. The number of pyridine rings is 1. The molecular formula is C12H8ClNO3. The largest absolute Gasteiger partial charge is 0.478 e. The number of carboxylic acids is 1. The van der Waals surface area contributed by atoms with Crippen molar-refractivity contribution >= 4 is 17.6 Å². The van der Waals surface area contributed by atoms with Gasteiger partial charge < -0.3 is 10.1 Å². The van der Waals surface area contributed by atoms with Crippen LogP contribution >= 0.6 is 11.6 Å². The van der Waals surface area contributed by atoms with Gasteiger partial charge in [-0.15, -0.1) is 0 Å². The average Bonchev–Trinajstić information content (AvgIpc) is 2.29. The van der Waals surface area contributed by atoms with Gasteiger partial charge in [-0.3, -0.25) is 4.79 Å². The quantitative estimate of drug-likeness (QED) is 0.859. The van der Waals surface area contributed by atoms with Crippen LogP contribution in [0.4, 0.5) is 0 Å². The Morgan fingerprint density at radius 1 is 1.18 bits per heavy atom. The molecule has 0 amide bonds. The summed E-state index contributed by atoms with van der Waals surface area (Å²) in [5, 5.41) is 9.11. The van der Waals surface area contributed by atoms with E-state index in [0.29, 0.717) is 11.1 Å². The number of benzene rings is 1. The zero-order valence-electron chi connectivity index (χ0n) is 8.61. The van der Waals surface area contributed by atoms with E-state index < -0.39 is 5.97 Å². The second-order valence-electron chi connectivity index (χ2n) is 3.44. The van der Waals surface area contributed by atoms with E-state index >= 15 is 0 Å². The highest BCUT2D eigenvalue weighted by Crippen LogP contribution is 2.24.